The molecule has 0 spiro atoms. The van der Waals surface area contributed by atoms with Crippen LogP contribution in [0.5, 0.6) is 5.75 Å². The second-order valence-electron chi connectivity index (χ2n) is 8.67. The van der Waals surface area contributed by atoms with Crippen molar-refractivity contribution in [2.75, 3.05) is 7.05 Å². The lowest BCUT2D eigenvalue weighted by Crippen LogP contribution is -2.36. The maximum absolute atomic E-state index is 6.17. The molecule has 1 fully saturated rings. The molecule has 2 aromatic rings. The van der Waals surface area contributed by atoms with E-state index in [1.165, 1.54) is 19.3 Å². The van der Waals surface area contributed by atoms with E-state index in [1.807, 2.05) is 12.1 Å². The fourth-order valence-corrected chi connectivity index (χ4v) is 3.41. The van der Waals surface area contributed by atoms with E-state index in [1.54, 1.807) is 13.2 Å². The predicted molar refractivity (Wildman–Crippen MR) is 116 cm³/mol. The summed E-state index contributed by atoms with van der Waals surface area (Å²) in [5, 5.41) is 6.59. The third-order valence-corrected chi connectivity index (χ3v) is 5.14. The third kappa shape index (κ3) is 6.51. The minimum absolute atomic E-state index is 0.0457. The Morgan fingerprint density at radius 1 is 1.17 bits per heavy atom. The normalized spacial score (nSPS) is 15.9. The number of hydrogen-bond acceptors (Lipinski definition) is 4. The largest absolute Gasteiger partial charge is 0.490 e. The van der Waals surface area contributed by atoms with E-state index in [9.17, 15) is 0 Å². The molecule has 0 atom stereocenters. The number of rotatable bonds is 6. The lowest BCUT2D eigenvalue weighted by Gasteiger charge is -2.23. The Morgan fingerprint density at radius 3 is 2.62 bits per heavy atom. The molecule has 0 unspecified atom stereocenters. The molecule has 0 amide bonds. The quantitative estimate of drug-likeness (QED) is 0.552. The number of guanidine groups is 1. The molecule has 6 heteroatoms. The van der Waals surface area contributed by atoms with Gasteiger partial charge in [-0.15, -0.1) is 0 Å². The average Bonchev–Trinajstić information content (AvgIpc) is 3.19. The first kappa shape index (κ1) is 21.2. The van der Waals surface area contributed by atoms with Gasteiger partial charge in [-0.25, -0.2) is 4.98 Å². The van der Waals surface area contributed by atoms with Crippen LogP contribution in [0.3, 0.4) is 0 Å². The molecule has 0 saturated heterocycles. The van der Waals surface area contributed by atoms with Crippen LogP contribution in [-0.2, 0) is 18.5 Å². The van der Waals surface area contributed by atoms with Crippen LogP contribution in [0.1, 0.15) is 70.1 Å². The summed E-state index contributed by atoms with van der Waals surface area (Å²) in [5.41, 5.74) is 1.11. The number of hydrogen-bond donors (Lipinski definition) is 2. The van der Waals surface area contributed by atoms with Crippen molar-refractivity contribution in [1.82, 2.24) is 15.6 Å². The van der Waals surface area contributed by atoms with Crippen LogP contribution in [0, 0.1) is 0 Å². The molecule has 1 aliphatic carbocycles. The van der Waals surface area contributed by atoms with Gasteiger partial charge in [0.15, 0.2) is 5.96 Å². The van der Waals surface area contributed by atoms with E-state index in [0.29, 0.717) is 31.0 Å². The number of aromatic nitrogens is 1. The van der Waals surface area contributed by atoms with Crippen LogP contribution >= 0.6 is 0 Å². The fourth-order valence-electron chi connectivity index (χ4n) is 3.41. The van der Waals surface area contributed by atoms with Gasteiger partial charge < -0.3 is 19.8 Å². The van der Waals surface area contributed by atoms with E-state index in [0.717, 1.165) is 29.9 Å². The van der Waals surface area contributed by atoms with E-state index < -0.39 is 0 Å². The van der Waals surface area contributed by atoms with E-state index in [4.69, 9.17) is 9.15 Å². The van der Waals surface area contributed by atoms with Gasteiger partial charge in [0.2, 0.25) is 5.89 Å². The molecule has 1 aliphatic rings. The summed E-state index contributed by atoms with van der Waals surface area (Å²) in [5.74, 6) is 3.19. The second kappa shape index (κ2) is 9.81. The van der Waals surface area contributed by atoms with Crippen LogP contribution < -0.4 is 15.4 Å². The highest BCUT2D eigenvalue weighted by Crippen LogP contribution is 2.24. The first-order valence-electron chi connectivity index (χ1n) is 10.6. The van der Waals surface area contributed by atoms with E-state index >= 15 is 0 Å². The highest BCUT2D eigenvalue weighted by atomic mass is 16.5. The van der Waals surface area contributed by atoms with Crippen molar-refractivity contribution < 1.29 is 9.15 Å². The first-order chi connectivity index (χ1) is 13.9. The highest BCUT2D eigenvalue weighted by Gasteiger charge is 2.19. The van der Waals surface area contributed by atoms with Crippen LogP contribution in [0.15, 0.2) is 39.9 Å². The molecule has 0 bridgehead atoms. The minimum atomic E-state index is -0.0457. The van der Waals surface area contributed by atoms with Crippen LogP contribution in [-0.4, -0.2) is 24.1 Å². The predicted octanol–water partition coefficient (Wildman–Crippen LogP) is 4.55. The molecule has 6 nitrogen and oxygen atoms in total. The second-order valence-corrected chi connectivity index (χ2v) is 8.67. The maximum atomic E-state index is 6.17. The van der Waals surface area contributed by atoms with Crippen molar-refractivity contribution in [3.05, 3.63) is 47.7 Å². The number of nitrogens with one attached hydrogen (secondary N) is 2. The molecule has 158 valence electrons. The van der Waals surface area contributed by atoms with E-state index in [-0.39, 0.29) is 5.41 Å². The zero-order valence-electron chi connectivity index (χ0n) is 18.1. The van der Waals surface area contributed by atoms with Gasteiger partial charge in [0.1, 0.15) is 11.5 Å². The Labute approximate surface area is 174 Å². The average molecular weight is 399 g/mol. The van der Waals surface area contributed by atoms with Gasteiger partial charge in [-0.3, -0.25) is 4.99 Å². The standard InChI is InChI=1S/C23H34N4O2/c1-23(2,3)20-15-25-21(29-20)16-27-22(24-4)26-14-17-9-8-12-19(13-17)28-18-10-6-5-7-11-18/h8-9,12-13,15,18H,5-7,10-11,14,16H2,1-4H3,(H2,24,26,27). The topological polar surface area (TPSA) is 71.7 Å². The number of oxazole rings is 1. The summed E-state index contributed by atoms with van der Waals surface area (Å²) in [6.07, 6.45) is 8.37. The Balaban J connectivity index is 1.49. The number of ether oxygens (including phenoxy) is 1. The van der Waals surface area contributed by atoms with Gasteiger partial charge in [-0.05, 0) is 43.4 Å². The lowest BCUT2D eigenvalue weighted by molar-refractivity contribution is 0.155. The smallest absolute Gasteiger partial charge is 0.213 e. The van der Waals surface area contributed by atoms with Crippen LogP contribution in [0.2, 0.25) is 0 Å². The molecule has 1 aromatic carbocycles. The number of benzene rings is 1. The molecular weight excluding hydrogens is 364 g/mol. The molecule has 3 rings (SSSR count). The van der Waals surface area contributed by atoms with Gasteiger partial charge in [-0.2, -0.15) is 0 Å². The minimum Gasteiger partial charge on any atom is -0.490 e. The third-order valence-electron chi connectivity index (χ3n) is 5.14. The van der Waals surface area contributed by atoms with Crippen molar-refractivity contribution in [3.8, 4) is 5.75 Å². The molecule has 1 saturated carbocycles. The summed E-state index contributed by atoms with van der Waals surface area (Å²) in [6, 6.07) is 8.29. The number of aliphatic imine (C=N–C) groups is 1. The van der Waals surface area contributed by atoms with Crippen molar-refractivity contribution in [1.29, 1.82) is 0 Å². The zero-order valence-corrected chi connectivity index (χ0v) is 18.1. The zero-order chi connectivity index (χ0) is 20.7. The fraction of sp³-hybridized carbons (Fsp3) is 0.565. The maximum Gasteiger partial charge on any atom is 0.213 e. The Bertz CT molecular complexity index is 801. The Hall–Kier alpha value is -2.50. The lowest BCUT2D eigenvalue weighted by atomic mass is 9.94. The van der Waals surface area contributed by atoms with Gasteiger partial charge in [0, 0.05) is 19.0 Å². The van der Waals surface area contributed by atoms with Crippen molar-refractivity contribution in [2.24, 2.45) is 4.99 Å². The molecule has 0 aliphatic heterocycles. The molecule has 0 radical (unpaired) electrons. The molecule has 29 heavy (non-hydrogen) atoms. The molecular formula is C23H34N4O2. The Morgan fingerprint density at radius 2 is 1.93 bits per heavy atom. The summed E-state index contributed by atoms with van der Waals surface area (Å²) in [6.45, 7) is 7.48. The molecule has 2 N–H and O–H groups in total. The van der Waals surface area contributed by atoms with Crippen LogP contribution in [0.25, 0.3) is 0 Å². The summed E-state index contributed by atoms with van der Waals surface area (Å²) >= 11 is 0. The first-order valence-corrected chi connectivity index (χ1v) is 10.6. The van der Waals surface area contributed by atoms with Crippen molar-refractivity contribution >= 4 is 5.96 Å². The SMILES string of the molecule is CN=C(NCc1cccc(OC2CCCCC2)c1)NCc1ncc(C(C)(C)C)o1. The van der Waals surface area contributed by atoms with Crippen molar-refractivity contribution in [3.63, 3.8) is 0 Å². The van der Waals surface area contributed by atoms with Gasteiger partial charge in [0.05, 0.1) is 18.8 Å². The molecule has 1 aromatic heterocycles. The Kier molecular flexibility index (Phi) is 7.18. The van der Waals surface area contributed by atoms with Gasteiger partial charge in [0.25, 0.3) is 0 Å². The van der Waals surface area contributed by atoms with Crippen LogP contribution in [0.4, 0.5) is 0 Å². The van der Waals surface area contributed by atoms with E-state index in [2.05, 4.69) is 53.5 Å². The van der Waals surface area contributed by atoms with Gasteiger partial charge >= 0.3 is 0 Å². The van der Waals surface area contributed by atoms with Gasteiger partial charge in [-0.1, -0.05) is 39.3 Å². The number of nitrogens with zero attached hydrogens (tertiary/aromatic N) is 2. The monoisotopic (exact) mass is 398 g/mol. The summed E-state index contributed by atoms with van der Waals surface area (Å²) in [4.78, 5) is 8.63. The molecule has 1 heterocycles. The highest BCUT2D eigenvalue weighted by molar-refractivity contribution is 5.79. The summed E-state index contributed by atoms with van der Waals surface area (Å²) < 4.78 is 12.0. The van der Waals surface area contributed by atoms with Crippen molar-refractivity contribution in [2.45, 2.75) is 77.5 Å². The summed E-state index contributed by atoms with van der Waals surface area (Å²) in [7, 11) is 1.76.